The van der Waals surface area contributed by atoms with E-state index < -0.39 is 16.1 Å². The maximum absolute atomic E-state index is 10.3. The van der Waals surface area contributed by atoms with E-state index in [1.807, 2.05) is 0 Å². The molecule has 96 valence electrons. The monoisotopic (exact) mass is 261 g/mol. The first-order chi connectivity index (χ1) is 7.76. The van der Waals surface area contributed by atoms with Crippen LogP contribution in [0.5, 0.6) is 0 Å². The van der Waals surface area contributed by atoms with Crippen molar-refractivity contribution in [2.24, 2.45) is 0 Å². The summed E-state index contributed by atoms with van der Waals surface area (Å²) in [5, 5.41) is 8.45. The summed E-state index contributed by atoms with van der Waals surface area (Å²) in [5.74, 6) is -0.952. The lowest BCUT2D eigenvalue weighted by Gasteiger charge is -1.93. The lowest BCUT2D eigenvalue weighted by molar-refractivity contribution is 0.0697. The van der Waals surface area contributed by atoms with Gasteiger partial charge in [-0.05, 0) is 25.1 Å². The van der Waals surface area contributed by atoms with Gasteiger partial charge in [0.25, 0.3) is 10.1 Å². The van der Waals surface area contributed by atoms with Crippen LogP contribution in [0.25, 0.3) is 0 Å². The standard InChI is InChI=1S/C7H7NO2.C3H8O3S/c8-6-3-1-2-5(4-6)7(9)10;1-3-6-7(2,4)5/h1-4H,8H2,(H,9,10);3H2,1-2H3. The number of anilines is 1. The Hall–Kier alpha value is -1.60. The van der Waals surface area contributed by atoms with E-state index in [0.717, 1.165) is 6.26 Å². The number of hydrogen-bond acceptors (Lipinski definition) is 5. The Morgan fingerprint density at radius 2 is 2.06 bits per heavy atom. The van der Waals surface area contributed by atoms with E-state index in [4.69, 9.17) is 10.8 Å². The van der Waals surface area contributed by atoms with Crippen molar-refractivity contribution in [1.29, 1.82) is 0 Å². The van der Waals surface area contributed by atoms with Crippen molar-refractivity contribution in [1.82, 2.24) is 0 Å². The highest BCUT2D eigenvalue weighted by Crippen LogP contribution is 2.05. The molecule has 0 bridgehead atoms. The highest BCUT2D eigenvalue weighted by Gasteiger charge is 1.99. The van der Waals surface area contributed by atoms with Crippen LogP contribution in [0.1, 0.15) is 17.3 Å². The summed E-state index contributed by atoms with van der Waals surface area (Å²) in [6.07, 6.45) is 1.02. The maximum Gasteiger partial charge on any atom is 0.335 e. The molecule has 0 atom stereocenters. The van der Waals surface area contributed by atoms with Crippen molar-refractivity contribution < 1.29 is 22.5 Å². The lowest BCUT2D eigenvalue weighted by atomic mass is 10.2. The number of hydrogen-bond donors (Lipinski definition) is 2. The second-order valence-electron chi connectivity index (χ2n) is 3.04. The van der Waals surface area contributed by atoms with Gasteiger partial charge in [-0.15, -0.1) is 0 Å². The summed E-state index contributed by atoms with van der Waals surface area (Å²) in [6.45, 7) is 1.85. The minimum atomic E-state index is -3.17. The molecule has 0 radical (unpaired) electrons. The third-order valence-corrected chi connectivity index (χ3v) is 2.13. The molecule has 0 aromatic heterocycles. The molecular formula is C10H15NO5S. The number of carbonyl (C=O) groups is 1. The second-order valence-corrected chi connectivity index (χ2v) is 4.69. The average molecular weight is 261 g/mol. The first-order valence-corrected chi connectivity index (χ1v) is 6.51. The van der Waals surface area contributed by atoms with Crippen LogP contribution in [0.15, 0.2) is 24.3 Å². The Morgan fingerprint density at radius 3 is 2.29 bits per heavy atom. The second kappa shape index (κ2) is 6.87. The van der Waals surface area contributed by atoms with Gasteiger partial charge >= 0.3 is 5.97 Å². The molecule has 0 saturated carbocycles. The molecule has 1 aromatic carbocycles. The van der Waals surface area contributed by atoms with Crippen LogP contribution >= 0.6 is 0 Å². The van der Waals surface area contributed by atoms with Gasteiger partial charge in [-0.1, -0.05) is 6.07 Å². The minimum Gasteiger partial charge on any atom is -0.478 e. The van der Waals surface area contributed by atoms with E-state index in [1.165, 1.54) is 12.1 Å². The molecule has 6 nitrogen and oxygen atoms in total. The molecule has 0 amide bonds. The number of rotatable bonds is 3. The number of nitrogen functional groups attached to an aromatic ring is 1. The Morgan fingerprint density at radius 1 is 1.47 bits per heavy atom. The summed E-state index contributed by atoms with van der Waals surface area (Å²) in [5.41, 5.74) is 6.03. The molecule has 0 spiro atoms. The minimum absolute atomic E-state index is 0.221. The highest BCUT2D eigenvalue weighted by atomic mass is 32.2. The fourth-order valence-corrected chi connectivity index (χ4v) is 1.31. The lowest BCUT2D eigenvalue weighted by Crippen LogP contribution is -2.00. The first kappa shape index (κ1) is 15.4. The molecule has 1 rings (SSSR count). The molecule has 1 aromatic rings. The molecular weight excluding hydrogens is 246 g/mol. The van der Waals surface area contributed by atoms with E-state index >= 15 is 0 Å². The number of aromatic carboxylic acids is 1. The zero-order valence-electron chi connectivity index (χ0n) is 9.58. The molecule has 0 aliphatic rings. The number of nitrogens with two attached hydrogens (primary N) is 1. The quantitative estimate of drug-likeness (QED) is 0.619. The average Bonchev–Trinajstić information content (AvgIpc) is 2.16. The maximum atomic E-state index is 10.3. The zero-order valence-corrected chi connectivity index (χ0v) is 10.4. The van der Waals surface area contributed by atoms with Crippen LogP contribution in [-0.2, 0) is 14.3 Å². The summed E-state index contributed by atoms with van der Waals surface area (Å²) >= 11 is 0. The normalized spacial score (nSPS) is 10.2. The van der Waals surface area contributed by atoms with Crippen LogP contribution in [0, 0.1) is 0 Å². The van der Waals surface area contributed by atoms with Gasteiger partial charge in [0.05, 0.1) is 18.4 Å². The Kier molecular flexibility index (Phi) is 6.22. The summed E-state index contributed by atoms with van der Waals surface area (Å²) < 4.78 is 24.2. The smallest absolute Gasteiger partial charge is 0.335 e. The van der Waals surface area contributed by atoms with Crippen molar-refractivity contribution >= 4 is 21.8 Å². The number of carboxylic acid groups (broad SMARTS) is 1. The van der Waals surface area contributed by atoms with Gasteiger partial charge in [-0.25, -0.2) is 4.79 Å². The predicted molar refractivity (Wildman–Crippen MR) is 64.3 cm³/mol. The predicted octanol–water partition coefficient (Wildman–Crippen LogP) is 0.949. The van der Waals surface area contributed by atoms with Crippen LogP contribution in [0.2, 0.25) is 0 Å². The van der Waals surface area contributed by atoms with Crippen molar-refractivity contribution in [3.05, 3.63) is 29.8 Å². The largest absolute Gasteiger partial charge is 0.478 e. The number of carboxylic acids is 1. The summed E-state index contributed by atoms with van der Waals surface area (Å²) in [6, 6.07) is 6.17. The molecule has 0 saturated heterocycles. The van der Waals surface area contributed by atoms with Gasteiger partial charge in [0.15, 0.2) is 0 Å². The van der Waals surface area contributed by atoms with Crippen molar-refractivity contribution in [3.8, 4) is 0 Å². The molecule has 17 heavy (non-hydrogen) atoms. The molecule has 0 fully saturated rings. The Labute approximate surface area is 100 Å². The van der Waals surface area contributed by atoms with Gasteiger partial charge in [0.1, 0.15) is 0 Å². The Bertz CT molecular complexity index is 469. The third kappa shape index (κ3) is 8.23. The summed E-state index contributed by atoms with van der Waals surface area (Å²) in [4.78, 5) is 10.3. The van der Waals surface area contributed by atoms with Gasteiger partial charge in [0.2, 0.25) is 0 Å². The van der Waals surface area contributed by atoms with Crippen molar-refractivity contribution in [2.45, 2.75) is 6.92 Å². The third-order valence-electron chi connectivity index (χ3n) is 1.47. The molecule has 7 heteroatoms. The van der Waals surface area contributed by atoms with Crippen LogP contribution in [0.3, 0.4) is 0 Å². The first-order valence-electron chi connectivity index (χ1n) is 4.69. The number of benzene rings is 1. The van der Waals surface area contributed by atoms with E-state index in [-0.39, 0.29) is 12.2 Å². The van der Waals surface area contributed by atoms with E-state index in [1.54, 1.807) is 19.1 Å². The van der Waals surface area contributed by atoms with Gasteiger partial charge < -0.3 is 10.8 Å². The van der Waals surface area contributed by atoms with Crippen LogP contribution in [-0.4, -0.2) is 32.4 Å². The SMILES string of the molecule is CCOS(C)(=O)=O.Nc1cccc(C(=O)O)c1. The van der Waals surface area contributed by atoms with Crippen molar-refractivity contribution in [2.75, 3.05) is 18.6 Å². The van der Waals surface area contributed by atoms with E-state index in [2.05, 4.69) is 4.18 Å². The van der Waals surface area contributed by atoms with Gasteiger partial charge in [0, 0.05) is 5.69 Å². The van der Waals surface area contributed by atoms with Crippen LogP contribution in [0.4, 0.5) is 5.69 Å². The summed E-state index contributed by atoms with van der Waals surface area (Å²) in [7, 11) is -3.17. The molecule has 0 aliphatic heterocycles. The van der Waals surface area contributed by atoms with Crippen molar-refractivity contribution in [3.63, 3.8) is 0 Å². The molecule has 3 N–H and O–H groups in total. The zero-order chi connectivity index (χ0) is 13.5. The van der Waals surface area contributed by atoms with Crippen LogP contribution < -0.4 is 5.73 Å². The molecule has 0 heterocycles. The van der Waals surface area contributed by atoms with E-state index in [0.29, 0.717) is 5.69 Å². The fourth-order valence-electron chi connectivity index (χ4n) is 0.886. The molecule has 0 aliphatic carbocycles. The van der Waals surface area contributed by atoms with Gasteiger partial charge in [-0.3, -0.25) is 4.18 Å². The highest BCUT2D eigenvalue weighted by molar-refractivity contribution is 7.85. The fraction of sp³-hybridized carbons (Fsp3) is 0.300. The Balaban J connectivity index is 0.000000325. The van der Waals surface area contributed by atoms with Gasteiger partial charge in [-0.2, -0.15) is 8.42 Å². The topological polar surface area (TPSA) is 107 Å². The van der Waals surface area contributed by atoms with E-state index in [9.17, 15) is 13.2 Å². The molecule has 0 unspecified atom stereocenters.